The molecule has 0 saturated heterocycles. The van der Waals surface area contributed by atoms with Crippen molar-refractivity contribution < 1.29 is 13.2 Å². The zero-order valence-corrected chi connectivity index (χ0v) is 33.5. The van der Waals surface area contributed by atoms with E-state index >= 15 is 0 Å². The van der Waals surface area contributed by atoms with Gasteiger partial charge in [0.15, 0.2) is 0 Å². The van der Waals surface area contributed by atoms with E-state index in [2.05, 4.69) is 40.2 Å². The highest BCUT2D eigenvalue weighted by Crippen LogP contribution is 2.41. The van der Waals surface area contributed by atoms with Gasteiger partial charge in [0.25, 0.3) is 10.0 Å². The first-order valence-electron chi connectivity index (χ1n) is 20.4. The van der Waals surface area contributed by atoms with Gasteiger partial charge in [0, 0.05) is 48.3 Å². The van der Waals surface area contributed by atoms with E-state index in [4.69, 9.17) is 16.6 Å². The number of hydrogen-bond acceptors (Lipinski definition) is 6. The number of halogens is 1. The maximum Gasteiger partial charge on any atom is 0.264 e. The lowest BCUT2D eigenvalue weighted by Crippen LogP contribution is -2.26. The number of para-hydroxylation sites is 2. The van der Waals surface area contributed by atoms with Gasteiger partial charge in [0.2, 0.25) is 5.91 Å². The Morgan fingerprint density at radius 1 is 0.778 bits per heavy atom. The van der Waals surface area contributed by atoms with Crippen LogP contribution < -0.4 is 20.3 Å². The van der Waals surface area contributed by atoms with E-state index in [0.717, 1.165) is 75.7 Å². The minimum absolute atomic E-state index is 0.151. The fourth-order valence-electron chi connectivity index (χ4n) is 8.08. The van der Waals surface area contributed by atoms with Crippen LogP contribution >= 0.6 is 11.6 Å². The second kappa shape index (κ2) is 19.8. The van der Waals surface area contributed by atoms with Crippen LogP contribution in [0, 0.1) is 0 Å². The summed E-state index contributed by atoms with van der Waals surface area (Å²) in [5, 5.41) is 12.2. The molecular weight excluding hydrogens is 714 g/mol. The van der Waals surface area contributed by atoms with Gasteiger partial charge in [-0.05, 0) is 98.9 Å². The number of unbranched alkanes of at least 4 members (excludes halogenated alkanes) is 10. The molecule has 1 atom stereocenters. The first-order valence-corrected chi connectivity index (χ1v) is 22.2. The third-order valence-electron chi connectivity index (χ3n) is 11.1. The average molecular weight is 773 g/mol. The molecule has 8 nitrogen and oxygen atoms in total. The Bertz CT molecular complexity index is 1970. The fourth-order valence-corrected chi connectivity index (χ4v) is 9.79. The highest BCUT2D eigenvalue weighted by molar-refractivity contribution is 7.92. The summed E-state index contributed by atoms with van der Waals surface area (Å²) in [4.78, 5) is 17.6. The maximum absolute atomic E-state index is 13.5. The van der Waals surface area contributed by atoms with Crippen molar-refractivity contribution in [3.8, 4) is 0 Å². The van der Waals surface area contributed by atoms with E-state index in [1.807, 2.05) is 30.3 Å². The third kappa shape index (κ3) is 10.1. The quantitative estimate of drug-likeness (QED) is 0.0774. The Morgan fingerprint density at radius 3 is 2.26 bits per heavy atom. The van der Waals surface area contributed by atoms with Crippen LogP contribution in [0.5, 0.6) is 0 Å². The Morgan fingerprint density at radius 2 is 1.44 bits per heavy atom. The molecule has 0 radical (unpaired) electrons. The molecule has 0 saturated carbocycles. The largest absolute Gasteiger partial charge is 0.384 e. The molecule has 0 spiro atoms. The zero-order chi connectivity index (χ0) is 37.8. The number of rotatable bonds is 20. The molecule has 1 amide bonds. The molecule has 0 bridgehead atoms. The van der Waals surface area contributed by atoms with Gasteiger partial charge in [-0.25, -0.2) is 8.42 Å². The molecule has 2 heterocycles. The zero-order valence-electron chi connectivity index (χ0n) is 32.0. The number of sulfonamides is 1. The topological polar surface area (TPSA) is 103 Å². The van der Waals surface area contributed by atoms with Gasteiger partial charge in [0.1, 0.15) is 0 Å². The summed E-state index contributed by atoms with van der Waals surface area (Å²) in [5.41, 5.74) is 7.49. The van der Waals surface area contributed by atoms with E-state index in [0.29, 0.717) is 22.7 Å². The summed E-state index contributed by atoms with van der Waals surface area (Å²) in [6, 6.07) is 21.1. The van der Waals surface area contributed by atoms with E-state index < -0.39 is 10.0 Å². The number of nitrogens with one attached hydrogen (secondary N) is 3. The Labute approximate surface area is 327 Å². The minimum atomic E-state index is -3.74. The monoisotopic (exact) mass is 771 g/mol. The molecule has 2 aliphatic rings. The van der Waals surface area contributed by atoms with Gasteiger partial charge in [-0.2, -0.15) is 0 Å². The Balaban J connectivity index is 0.784. The number of aromatic nitrogens is 1. The highest BCUT2D eigenvalue weighted by Gasteiger charge is 2.34. The number of benzene rings is 3. The lowest BCUT2D eigenvalue weighted by Gasteiger charge is -2.22. The van der Waals surface area contributed by atoms with Crippen LogP contribution in [-0.2, 0) is 27.7 Å². The van der Waals surface area contributed by atoms with Crippen LogP contribution in [-0.4, -0.2) is 46.0 Å². The lowest BCUT2D eigenvalue weighted by atomic mass is 9.92. The number of aryl methyl sites for hydroxylation is 1. The molecule has 4 aromatic rings. The minimum Gasteiger partial charge on any atom is -0.384 e. The molecule has 290 valence electrons. The van der Waals surface area contributed by atoms with Gasteiger partial charge >= 0.3 is 0 Å². The summed E-state index contributed by atoms with van der Waals surface area (Å²) in [5.74, 6) is 0.151. The molecule has 1 aromatic heterocycles. The summed E-state index contributed by atoms with van der Waals surface area (Å²) < 4.78 is 28.2. The maximum atomic E-state index is 13.5. The number of carbonyl (C=O) groups is 1. The molecule has 1 unspecified atom stereocenters. The lowest BCUT2D eigenvalue weighted by molar-refractivity contribution is -0.121. The van der Waals surface area contributed by atoms with Crippen LogP contribution in [0.15, 0.2) is 71.6 Å². The molecule has 54 heavy (non-hydrogen) atoms. The van der Waals surface area contributed by atoms with E-state index in [1.165, 1.54) is 84.4 Å². The van der Waals surface area contributed by atoms with Gasteiger partial charge in [-0.3, -0.25) is 14.1 Å². The molecule has 3 N–H and O–H groups in total. The van der Waals surface area contributed by atoms with Gasteiger partial charge in [-0.1, -0.05) is 105 Å². The Kier molecular flexibility index (Phi) is 14.7. The van der Waals surface area contributed by atoms with Crippen molar-refractivity contribution in [2.24, 2.45) is 0 Å². The number of carbonyl (C=O) groups excluding carboxylic acids is 1. The SMILES string of the molecule is CN1c2ccccc2C(NCCCCCCC(=O)NCCCCCCCCCCNc2c3c(nc4ccccc24)CCCC3)c2ccc(Cl)cc2S1(=O)=O. The van der Waals surface area contributed by atoms with E-state index in [9.17, 15) is 13.2 Å². The summed E-state index contributed by atoms with van der Waals surface area (Å²) in [6.07, 6.45) is 18.8. The highest BCUT2D eigenvalue weighted by atomic mass is 35.5. The smallest absolute Gasteiger partial charge is 0.264 e. The number of anilines is 2. The predicted octanol–water partition coefficient (Wildman–Crippen LogP) is 9.88. The van der Waals surface area contributed by atoms with Crippen molar-refractivity contribution in [3.05, 3.63) is 94.1 Å². The first-order chi connectivity index (χ1) is 26.3. The molecule has 10 heteroatoms. The predicted molar refractivity (Wildman–Crippen MR) is 223 cm³/mol. The van der Waals surface area contributed by atoms with Crippen molar-refractivity contribution in [1.82, 2.24) is 15.6 Å². The van der Waals surface area contributed by atoms with Crippen molar-refractivity contribution >= 4 is 49.8 Å². The molecule has 0 fully saturated rings. The molecule has 1 aliphatic heterocycles. The van der Waals surface area contributed by atoms with Crippen molar-refractivity contribution in [2.75, 3.05) is 36.3 Å². The van der Waals surface area contributed by atoms with Gasteiger partial charge in [-0.15, -0.1) is 0 Å². The fraction of sp³-hybridized carbons (Fsp3) is 0.500. The standard InChI is InChI=1S/C44H58ClN5O3S/c1-50-40-25-16-13-22-36(40)44(37-28-27-33(45)32-41(37)54(50,52)53)48-31-19-9-6-10-26-42(51)46-29-17-7-4-2-3-5-8-18-30-47-43-34-20-11-14-23-38(34)49-39-24-15-12-21-35(39)43/h11,13-14,16,20,22-23,25,27-28,32,44,48H,2-10,12,15,17-19,21,24,26,29-31H2,1H3,(H,46,51)(H,47,49). The average Bonchev–Trinajstić information content (AvgIpc) is 3.24. The van der Waals surface area contributed by atoms with Crippen LogP contribution in [0.4, 0.5) is 11.4 Å². The second-order valence-corrected chi connectivity index (χ2v) is 17.4. The van der Waals surface area contributed by atoms with Crippen molar-refractivity contribution in [3.63, 3.8) is 0 Å². The summed E-state index contributed by atoms with van der Waals surface area (Å²) in [7, 11) is -2.15. The van der Waals surface area contributed by atoms with Gasteiger partial charge < -0.3 is 16.0 Å². The number of fused-ring (bicyclic) bond motifs is 4. The number of pyridine rings is 1. The van der Waals surface area contributed by atoms with E-state index in [-0.39, 0.29) is 16.8 Å². The van der Waals surface area contributed by atoms with Crippen molar-refractivity contribution in [2.45, 2.75) is 120 Å². The van der Waals surface area contributed by atoms with Crippen molar-refractivity contribution in [1.29, 1.82) is 0 Å². The Hall–Kier alpha value is -3.66. The molecule has 6 rings (SSSR count). The normalized spacial score (nSPS) is 16.0. The second-order valence-electron chi connectivity index (χ2n) is 15.0. The number of hydrogen-bond donors (Lipinski definition) is 3. The summed E-state index contributed by atoms with van der Waals surface area (Å²) >= 11 is 6.24. The van der Waals surface area contributed by atoms with Gasteiger partial charge in [0.05, 0.1) is 22.1 Å². The van der Waals surface area contributed by atoms with Crippen LogP contribution in [0.1, 0.15) is 125 Å². The van der Waals surface area contributed by atoms with Crippen LogP contribution in [0.2, 0.25) is 5.02 Å². The van der Waals surface area contributed by atoms with Crippen LogP contribution in [0.25, 0.3) is 10.9 Å². The van der Waals surface area contributed by atoms with E-state index in [1.54, 1.807) is 19.2 Å². The first kappa shape index (κ1) is 40.0. The molecule has 3 aromatic carbocycles. The molecule has 1 aliphatic carbocycles. The number of amides is 1. The third-order valence-corrected chi connectivity index (χ3v) is 13.2. The molecular formula is C44H58ClN5O3S. The van der Waals surface area contributed by atoms with Crippen LogP contribution in [0.3, 0.4) is 0 Å². The number of nitrogens with zero attached hydrogens (tertiary/aromatic N) is 2. The summed E-state index contributed by atoms with van der Waals surface area (Å²) in [6.45, 7) is 2.52.